The number of aromatic nitrogens is 2. The molecule has 0 fully saturated rings. The zero-order chi connectivity index (χ0) is 10.7. The van der Waals surface area contributed by atoms with Crippen molar-refractivity contribution < 1.29 is 4.42 Å². The topological polar surface area (TPSA) is 51.0 Å². The van der Waals surface area contributed by atoms with Gasteiger partial charge in [0, 0.05) is 7.05 Å². The van der Waals surface area contributed by atoms with Crippen LogP contribution >= 0.6 is 11.8 Å². The van der Waals surface area contributed by atoms with Crippen LogP contribution in [0.15, 0.2) is 39.1 Å². The first-order chi connectivity index (χ1) is 7.28. The molecule has 0 aliphatic carbocycles. The Kier molecular flexibility index (Phi) is 2.91. The molecule has 0 radical (unpaired) electrons. The van der Waals surface area contributed by atoms with Gasteiger partial charge in [-0.1, -0.05) is 6.07 Å². The molecule has 0 unspecified atom stereocenters. The molecule has 2 aromatic rings. The fraction of sp³-hybridized carbons (Fsp3) is 0.200. The van der Waals surface area contributed by atoms with E-state index in [1.54, 1.807) is 6.26 Å². The molecule has 0 spiro atoms. The van der Waals surface area contributed by atoms with E-state index < -0.39 is 0 Å². The molecule has 0 amide bonds. The van der Waals surface area contributed by atoms with E-state index >= 15 is 0 Å². The van der Waals surface area contributed by atoms with Gasteiger partial charge in [0.2, 0.25) is 0 Å². The van der Waals surface area contributed by atoms with Crippen molar-refractivity contribution in [2.45, 2.75) is 17.2 Å². The second-order valence-electron chi connectivity index (χ2n) is 2.97. The summed E-state index contributed by atoms with van der Waals surface area (Å²) < 4.78 is 5.23. The van der Waals surface area contributed by atoms with Crippen LogP contribution in [0.3, 0.4) is 0 Å². The van der Waals surface area contributed by atoms with Gasteiger partial charge in [0.15, 0.2) is 0 Å². The third kappa shape index (κ3) is 2.50. The normalized spacial score (nSPS) is 10.3. The molecule has 2 heterocycles. The van der Waals surface area contributed by atoms with Gasteiger partial charge in [0.25, 0.3) is 5.22 Å². The van der Waals surface area contributed by atoms with Crippen LogP contribution < -0.4 is 5.32 Å². The van der Waals surface area contributed by atoms with Gasteiger partial charge in [0.05, 0.1) is 5.69 Å². The Labute approximate surface area is 92.1 Å². The summed E-state index contributed by atoms with van der Waals surface area (Å²) >= 11 is 1.41. The van der Waals surface area contributed by atoms with Gasteiger partial charge >= 0.3 is 0 Å². The summed E-state index contributed by atoms with van der Waals surface area (Å²) in [4.78, 5) is 8.54. The lowest BCUT2D eigenvalue weighted by Crippen LogP contribution is -1.91. The summed E-state index contributed by atoms with van der Waals surface area (Å²) in [7, 11) is 1.84. The molecule has 0 aromatic carbocycles. The molecule has 78 valence electrons. The summed E-state index contributed by atoms with van der Waals surface area (Å²) in [5.74, 6) is 0.836. The number of hydrogen-bond donors (Lipinski definition) is 1. The first kappa shape index (κ1) is 10.0. The predicted molar refractivity (Wildman–Crippen MR) is 59.1 cm³/mol. The third-order valence-corrected chi connectivity index (χ3v) is 2.57. The molecule has 2 rings (SSSR count). The Hall–Kier alpha value is -1.49. The number of oxazole rings is 1. The zero-order valence-corrected chi connectivity index (χ0v) is 9.34. The number of rotatable bonds is 3. The molecule has 15 heavy (non-hydrogen) atoms. The molecule has 0 bridgehead atoms. The maximum atomic E-state index is 5.23. The maximum Gasteiger partial charge on any atom is 0.262 e. The number of pyridine rings is 1. The largest absolute Gasteiger partial charge is 0.439 e. The number of nitrogens with zero attached hydrogens (tertiary/aromatic N) is 2. The average Bonchev–Trinajstić information content (AvgIpc) is 2.64. The summed E-state index contributed by atoms with van der Waals surface area (Å²) in [6.45, 7) is 1.89. The van der Waals surface area contributed by atoms with Gasteiger partial charge < -0.3 is 9.73 Å². The van der Waals surface area contributed by atoms with Crippen molar-refractivity contribution in [3.8, 4) is 0 Å². The van der Waals surface area contributed by atoms with Crippen LogP contribution in [-0.2, 0) is 0 Å². The van der Waals surface area contributed by atoms with Crippen LogP contribution in [0, 0.1) is 6.92 Å². The van der Waals surface area contributed by atoms with Crippen LogP contribution in [0.2, 0.25) is 0 Å². The highest BCUT2D eigenvalue weighted by Crippen LogP contribution is 2.25. The predicted octanol–water partition coefficient (Wildman–Crippen LogP) is 2.57. The first-order valence-electron chi connectivity index (χ1n) is 4.53. The zero-order valence-electron chi connectivity index (χ0n) is 8.52. The van der Waals surface area contributed by atoms with Gasteiger partial charge in [-0.2, -0.15) is 0 Å². The van der Waals surface area contributed by atoms with E-state index in [1.807, 2.05) is 32.2 Å². The van der Waals surface area contributed by atoms with Gasteiger partial charge in [0.1, 0.15) is 17.1 Å². The molecule has 5 heteroatoms. The molecule has 4 nitrogen and oxygen atoms in total. The number of hydrogen-bond acceptors (Lipinski definition) is 5. The fourth-order valence-electron chi connectivity index (χ4n) is 1.08. The Morgan fingerprint density at radius 3 is 2.87 bits per heavy atom. The standard InChI is InChI=1S/C10H11N3OS/c1-7-6-14-10(12-7)15-9-5-3-4-8(11-2)13-9/h3-6H,1-2H3,(H,11,13). The molecule has 1 N–H and O–H groups in total. The first-order valence-corrected chi connectivity index (χ1v) is 5.34. The number of anilines is 1. The average molecular weight is 221 g/mol. The second-order valence-corrected chi connectivity index (χ2v) is 3.94. The number of aryl methyl sites for hydroxylation is 1. The fourth-order valence-corrected chi connectivity index (χ4v) is 1.83. The van der Waals surface area contributed by atoms with Crippen LogP contribution in [0.5, 0.6) is 0 Å². The Balaban J connectivity index is 2.16. The summed E-state index contributed by atoms with van der Waals surface area (Å²) in [6.07, 6.45) is 1.63. The smallest absolute Gasteiger partial charge is 0.262 e. The maximum absolute atomic E-state index is 5.23. The van der Waals surface area contributed by atoms with Crippen LogP contribution in [-0.4, -0.2) is 17.0 Å². The van der Waals surface area contributed by atoms with Crippen LogP contribution in [0.4, 0.5) is 5.82 Å². The van der Waals surface area contributed by atoms with Gasteiger partial charge in [-0.05, 0) is 30.8 Å². The Morgan fingerprint density at radius 2 is 2.20 bits per heavy atom. The minimum Gasteiger partial charge on any atom is -0.439 e. The lowest BCUT2D eigenvalue weighted by molar-refractivity contribution is 0.454. The van der Waals surface area contributed by atoms with E-state index in [4.69, 9.17) is 4.42 Å². The summed E-state index contributed by atoms with van der Waals surface area (Å²) in [6, 6.07) is 5.77. The van der Waals surface area contributed by atoms with Crippen molar-refractivity contribution in [3.05, 3.63) is 30.2 Å². The quantitative estimate of drug-likeness (QED) is 0.863. The molecule has 0 atom stereocenters. The lowest BCUT2D eigenvalue weighted by Gasteiger charge is -2.00. The van der Waals surface area contributed by atoms with Crippen LogP contribution in [0.1, 0.15) is 5.69 Å². The van der Waals surface area contributed by atoms with E-state index in [-0.39, 0.29) is 0 Å². The summed E-state index contributed by atoms with van der Waals surface area (Å²) in [5.41, 5.74) is 0.877. The molecule has 0 aliphatic heterocycles. The van der Waals surface area contributed by atoms with Crippen LogP contribution in [0.25, 0.3) is 0 Å². The van der Waals surface area contributed by atoms with E-state index in [2.05, 4.69) is 15.3 Å². The molecule has 0 aliphatic rings. The Morgan fingerprint density at radius 1 is 1.33 bits per heavy atom. The van der Waals surface area contributed by atoms with Gasteiger partial charge in [-0.3, -0.25) is 0 Å². The van der Waals surface area contributed by atoms with Crippen molar-refractivity contribution in [1.29, 1.82) is 0 Å². The minimum absolute atomic E-state index is 0.619. The van der Waals surface area contributed by atoms with E-state index in [0.29, 0.717) is 5.22 Å². The highest BCUT2D eigenvalue weighted by atomic mass is 32.2. The highest BCUT2D eigenvalue weighted by Gasteiger charge is 2.04. The van der Waals surface area contributed by atoms with Crippen molar-refractivity contribution in [2.75, 3.05) is 12.4 Å². The van der Waals surface area contributed by atoms with Crippen molar-refractivity contribution in [2.24, 2.45) is 0 Å². The van der Waals surface area contributed by atoms with Crippen molar-refractivity contribution >= 4 is 17.6 Å². The molecular formula is C10H11N3OS. The lowest BCUT2D eigenvalue weighted by atomic mass is 10.5. The second kappa shape index (κ2) is 4.35. The molecule has 0 saturated heterocycles. The van der Waals surface area contributed by atoms with E-state index in [0.717, 1.165) is 16.5 Å². The van der Waals surface area contributed by atoms with Gasteiger partial charge in [-0.15, -0.1) is 0 Å². The number of nitrogens with one attached hydrogen (secondary N) is 1. The highest BCUT2D eigenvalue weighted by molar-refractivity contribution is 7.99. The van der Waals surface area contributed by atoms with Gasteiger partial charge in [-0.25, -0.2) is 9.97 Å². The SMILES string of the molecule is CNc1cccc(Sc2nc(C)co2)n1. The van der Waals surface area contributed by atoms with Crippen molar-refractivity contribution in [1.82, 2.24) is 9.97 Å². The molecular weight excluding hydrogens is 210 g/mol. The molecule has 0 saturated carbocycles. The molecule has 2 aromatic heterocycles. The van der Waals surface area contributed by atoms with E-state index in [9.17, 15) is 0 Å². The Bertz CT molecular complexity index is 455. The monoisotopic (exact) mass is 221 g/mol. The van der Waals surface area contributed by atoms with Crippen molar-refractivity contribution in [3.63, 3.8) is 0 Å². The minimum atomic E-state index is 0.619. The third-order valence-electron chi connectivity index (χ3n) is 1.77. The summed E-state index contributed by atoms with van der Waals surface area (Å²) in [5, 5.41) is 4.47. The van der Waals surface area contributed by atoms with E-state index in [1.165, 1.54) is 11.8 Å².